The van der Waals surface area contributed by atoms with Crippen molar-refractivity contribution in [1.29, 1.82) is 0 Å². The van der Waals surface area contributed by atoms with Crippen LogP contribution in [-0.4, -0.2) is 36.9 Å². The van der Waals surface area contributed by atoms with Crippen molar-refractivity contribution in [3.63, 3.8) is 0 Å². The first kappa shape index (κ1) is 12.6. The fourth-order valence-electron chi connectivity index (χ4n) is 0.876. The molecular formula is C9H14O5. The summed E-state index contributed by atoms with van der Waals surface area (Å²) in [5, 5.41) is 9.68. The van der Waals surface area contributed by atoms with Crippen molar-refractivity contribution < 1.29 is 24.2 Å². The highest BCUT2D eigenvalue weighted by Crippen LogP contribution is 2.15. The number of allylic oxidation sites excluding steroid dienone is 1. The van der Waals surface area contributed by atoms with E-state index in [4.69, 9.17) is 0 Å². The van der Waals surface area contributed by atoms with Gasteiger partial charge in [-0.15, -0.1) is 0 Å². The number of carbonyl (C=O) groups excluding carboxylic acids is 2. The molecule has 0 fully saturated rings. The Hall–Kier alpha value is -1.36. The second kappa shape index (κ2) is 5.39. The number of hydrogen-bond donors (Lipinski definition) is 1. The van der Waals surface area contributed by atoms with Gasteiger partial charge in [-0.2, -0.15) is 0 Å². The van der Waals surface area contributed by atoms with E-state index in [9.17, 15) is 14.7 Å². The zero-order chi connectivity index (χ0) is 11.2. The van der Waals surface area contributed by atoms with E-state index in [-0.39, 0.29) is 6.42 Å². The van der Waals surface area contributed by atoms with Crippen LogP contribution in [0.5, 0.6) is 0 Å². The molecule has 0 spiro atoms. The summed E-state index contributed by atoms with van der Waals surface area (Å²) in [6.07, 6.45) is 2.92. The minimum atomic E-state index is -2.24. The lowest BCUT2D eigenvalue weighted by molar-refractivity contribution is -0.179. The van der Waals surface area contributed by atoms with Gasteiger partial charge in [-0.05, 0) is 6.92 Å². The molecule has 0 unspecified atom stereocenters. The molecule has 0 aliphatic carbocycles. The summed E-state index contributed by atoms with van der Waals surface area (Å²) in [6.45, 7) is 1.70. The molecule has 5 heteroatoms. The summed E-state index contributed by atoms with van der Waals surface area (Å²) in [6, 6.07) is 0. The molecule has 0 bridgehead atoms. The largest absolute Gasteiger partial charge is 0.466 e. The summed E-state index contributed by atoms with van der Waals surface area (Å²) < 4.78 is 8.62. The van der Waals surface area contributed by atoms with Crippen LogP contribution in [0, 0.1) is 0 Å². The number of carbonyl (C=O) groups is 2. The second-order valence-corrected chi connectivity index (χ2v) is 2.62. The predicted octanol–water partition coefficient (Wildman–Crippen LogP) is 0.0297. The Morgan fingerprint density at radius 2 is 1.71 bits per heavy atom. The van der Waals surface area contributed by atoms with Crippen molar-refractivity contribution in [2.45, 2.75) is 18.9 Å². The van der Waals surface area contributed by atoms with Crippen LogP contribution in [0.15, 0.2) is 12.2 Å². The molecule has 0 aliphatic rings. The van der Waals surface area contributed by atoms with Crippen LogP contribution >= 0.6 is 0 Å². The summed E-state index contributed by atoms with van der Waals surface area (Å²) in [7, 11) is 2.18. The monoisotopic (exact) mass is 202 g/mol. The van der Waals surface area contributed by atoms with Gasteiger partial charge in [-0.25, -0.2) is 9.59 Å². The fraction of sp³-hybridized carbons (Fsp3) is 0.556. The molecule has 0 aromatic rings. The molecule has 0 aliphatic heterocycles. The molecule has 0 rings (SSSR count). The molecule has 1 N–H and O–H groups in total. The van der Waals surface area contributed by atoms with Gasteiger partial charge in [0.2, 0.25) is 0 Å². The quantitative estimate of drug-likeness (QED) is 0.395. The van der Waals surface area contributed by atoms with Gasteiger partial charge in [0.05, 0.1) is 14.2 Å². The summed E-state index contributed by atoms with van der Waals surface area (Å²) in [5.74, 6) is -2.05. The van der Waals surface area contributed by atoms with Gasteiger partial charge in [0.25, 0.3) is 5.60 Å². The Kier molecular flexibility index (Phi) is 4.86. The summed E-state index contributed by atoms with van der Waals surface area (Å²) in [5.41, 5.74) is -2.24. The maximum Gasteiger partial charge on any atom is 0.350 e. The molecule has 0 aromatic carbocycles. The maximum atomic E-state index is 11.1. The van der Waals surface area contributed by atoms with E-state index < -0.39 is 17.5 Å². The van der Waals surface area contributed by atoms with Crippen molar-refractivity contribution in [1.82, 2.24) is 0 Å². The number of rotatable bonds is 4. The van der Waals surface area contributed by atoms with Gasteiger partial charge in [0.1, 0.15) is 0 Å². The zero-order valence-electron chi connectivity index (χ0n) is 8.44. The minimum absolute atomic E-state index is 0.164. The van der Waals surface area contributed by atoms with E-state index in [2.05, 4.69) is 9.47 Å². The number of ether oxygens (including phenoxy) is 2. The number of esters is 2. The van der Waals surface area contributed by atoms with Gasteiger partial charge in [0.15, 0.2) is 0 Å². The van der Waals surface area contributed by atoms with E-state index in [1.165, 1.54) is 6.08 Å². The Morgan fingerprint density at radius 1 is 1.29 bits per heavy atom. The smallest absolute Gasteiger partial charge is 0.350 e. The highest BCUT2D eigenvalue weighted by Gasteiger charge is 2.45. The van der Waals surface area contributed by atoms with E-state index in [0.717, 1.165) is 14.2 Å². The lowest BCUT2D eigenvalue weighted by Gasteiger charge is -2.20. The van der Waals surface area contributed by atoms with Crippen LogP contribution in [0.4, 0.5) is 0 Å². The molecule has 0 atom stereocenters. The minimum Gasteiger partial charge on any atom is -0.466 e. The van der Waals surface area contributed by atoms with E-state index in [1.807, 2.05) is 0 Å². The van der Waals surface area contributed by atoms with Crippen LogP contribution in [0.2, 0.25) is 0 Å². The average molecular weight is 202 g/mol. The van der Waals surface area contributed by atoms with Crippen molar-refractivity contribution in [3.05, 3.63) is 12.2 Å². The Labute approximate surface area is 82.3 Å². The van der Waals surface area contributed by atoms with Gasteiger partial charge in [-0.3, -0.25) is 0 Å². The van der Waals surface area contributed by atoms with Crippen LogP contribution in [-0.2, 0) is 19.1 Å². The standard InChI is InChI=1S/C9H14O5/c1-4-5-6-9(12,7(10)13-2)8(11)14-3/h4-5,12H,6H2,1-3H3. The van der Waals surface area contributed by atoms with E-state index in [0.29, 0.717) is 0 Å². The second-order valence-electron chi connectivity index (χ2n) is 2.62. The van der Waals surface area contributed by atoms with Crippen molar-refractivity contribution >= 4 is 11.9 Å². The first-order chi connectivity index (χ1) is 6.52. The normalized spacial score (nSPS) is 11.4. The molecule has 0 aromatic heterocycles. The first-order valence-corrected chi connectivity index (χ1v) is 4.03. The molecule has 0 saturated heterocycles. The van der Waals surface area contributed by atoms with Crippen LogP contribution in [0.3, 0.4) is 0 Å². The molecule has 0 saturated carbocycles. The molecule has 80 valence electrons. The third kappa shape index (κ3) is 2.56. The number of methoxy groups -OCH3 is 2. The van der Waals surface area contributed by atoms with Crippen LogP contribution in [0.25, 0.3) is 0 Å². The molecule has 5 nitrogen and oxygen atoms in total. The first-order valence-electron chi connectivity index (χ1n) is 4.03. The number of hydrogen-bond acceptors (Lipinski definition) is 5. The van der Waals surface area contributed by atoms with Crippen molar-refractivity contribution in [2.75, 3.05) is 14.2 Å². The highest BCUT2D eigenvalue weighted by molar-refractivity contribution is 6.03. The Morgan fingerprint density at radius 3 is 2.00 bits per heavy atom. The van der Waals surface area contributed by atoms with Crippen LogP contribution in [0.1, 0.15) is 13.3 Å². The Bertz CT molecular complexity index is 228. The van der Waals surface area contributed by atoms with Crippen molar-refractivity contribution in [2.24, 2.45) is 0 Å². The van der Waals surface area contributed by atoms with Crippen molar-refractivity contribution in [3.8, 4) is 0 Å². The highest BCUT2D eigenvalue weighted by atomic mass is 16.6. The predicted molar refractivity (Wildman–Crippen MR) is 48.4 cm³/mol. The molecule has 0 amide bonds. The lowest BCUT2D eigenvalue weighted by atomic mass is 10.00. The fourth-order valence-corrected chi connectivity index (χ4v) is 0.876. The van der Waals surface area contributed by atoms with Gasteiger partial charge < -0.3 is 14.6 Å². The zero-order valence-corrected chi connectivity index (χ0v) is 8.44. The Balaban J connectivity index is 4.83. The van der Waals surface area contributed by atoms with Gasteiger partial charge >= 0.3 is 11.9 Å². The van der Waals surface area contributed by atoms with Crippen LogP contribution < -0.4 is 0 Å². The molecular weight excluding hydrogens is 188 g/mol. The van der Waals surface area contributed by atoms with Gasteiger partial charge in [0, 0.05) is 6.42 Å². The molecule has 14 heavy (non-hydrogen) atoms. The third-order valence-corrected chi connectivity index (χ3v) is 1.70. The number of aliphatic hydroxyl groups is 1. The summed E-state index contributed by atoms with van der Waals surface area (Å²) in [4.78, 5) is 22.3. The third-order valence-electron chi connectivity index (χ3n) is 1.70. The molecule has 0 heterocycles. The van der Waals surface area contributed by atoms with Gasteiger partial charge in [-0.1, -0.05) is 12.2 Å². The van der Waals surface area contributed by atoms with E-state index >= 15 is 0 Å². The SMILES string of the molecule is CC=CCC(O)(C(=O)OC)C(=O)OC. The lowest BCUT2D eigenvalue weighted by Crippen LogP contribution is -2.47. The van der Waals surface area contributed by atoms with E-state index in [1.54, 1.807) is 13.0 Å². The summed E-state index contributed by atoms with van der Waals surface area (Å²) >= 11 is 0. The topological polar surface area (TPSA) is 72.8 Å². The average Bonchev–Trinajstić information content (AvgIpc) is 2.23. The maximum absolute atomic E-state index is 11.1. The molecule has 0 radical (unpaired) electrons.